The third kappa shape index (κ3) is 3.04. The predicted molar refractivity (Wildman–Crippen MR) is 71.8 cm³/mol. The number of thiazole rings is 1. The van der Waals surface area contributed by atoms with E-state index in [1.807, 2.05) is 12.3 Å². The first-order valence-electron chi connectivity index (χ1n) is 5.56. The van der Waals surface area contributed by atoms with Crippen LogP contribution in [-0.2, 0) is 6.42 Å². The van der Waals surface area contributed by atoms with Crippen LogP contribution in [0.4, 0.5) is 5.82 Å². The Balaban J connectivity index is 1.96. The smallest absolute Gasteiger partial charge is 0.252 e. The van der Waals surface area contributed by atoms with Gasteiger partial charge in [0, 0.05) is 24.5 Å². The number of carbonyl (C=O) groups excluding carboxylic acids is 1. The molecule has 2 heterocycles. The van der Waals surface area contributed by atoms with Gasteiger partial charge in [0.1, 0.15) is 5.82 Å². The monoisotopic (exact) mass is 262 g/mol. The molecule has 0 unspecified atom stereocenters. The first-order chi connectivity index (χ1) is 8.66. The number of pyridine rings is 1. The van der Waals surface area contributed by atoms with E-state index in [4.69, 9.17) is 5.73 Å². The molecule has 0 spiro atoms. The predicted octanol–water partition coefficient (Wildman–Crippen LogP) is 1.60. The van der Waals surface area contributed by atoms with E-state index >= 15 is 0 Å². The fourth-order valence-electron chi connectivity index (χ4n) is 1.58. The molecule has 0 saturated carbocycles. The van der Waals surface area contributed by atoms with E-state index in [2.05, 4.69) is 15.3 Å². The standard InChI is InChI=1S/C12H14N4OS/c1-8-16-9(7-18-8)4-6-15-12-10(11(13)17)3-2-5-14-12/h2-3,5,7H,4,6H2,1H3,(H2,13,17)(H,14,15). The van der Waals surface area contributed by atoms with Crippen molar-refractivity contribution in [2.24, 2.45) is 5.73 Å². The molecule has 0 aliphatic carbocycles. The van der Waals surface area contributed by atoms with Gasteiger partial charge in [0.25, 0.3) is 5.91 Å². The highest BCUT2D eigenvalue weighted by molar-refractivity contribution is 7.09. The molecule has 1 amide bonds. The van der Waals surface area contributed by atoms with Crippen molar-refractivity contribution < 1.29 is 4.79 Å². The number of anilines is 1. The summed E-state index contributed by atoms with van der Waals surface area (Å²) in [5, 5.41) is 6.19. The molecule has 94 valence electrons. The quantitative estimate of drug-likeness (QED) is 0.857. The Morgan fingerprint density at radius 1 is 1.56 bits per heavy atom. The zero-order chi connectivity index (χ0) is 13.0. The zero-order valence-corrected chi connectivity index (χ0v) is 10.8. The van der Waals surface area contributed by atoms with Gasteiger partial charge in [-0.05, 0) is 19.1 Å². The van der Waals surface area contributed by atoms with E-state index in [1.165, 1.54) is 0 Å². The SMILES string of the molecule is Cc1nc(CCNc2ncccc2C(N)=O)cs1. The van der Waals surface area contributed by atoms with Gasteiger partial charge in [-0.2, -0.15) is 0 Å². The Morgan fingerprint density at radius 3 is 3.06 bits per heavy atom. The Labute approximate surface area is 109 Å². The molecule has 2 aromatic heterocycles. The number of nitrogens with two attached hydrogens (primary N) is 1. The van der Waals surface area contributed by atoms with Crippen LogP contribution < -0.4 is 11.1 Å². The number of hydrogen-bond donors (Lipinski definition) is 2. The molecular weight excluding hydrogens is 248 g/mol. The molecule has 0 saturated heterocycles. The zero-order valence-electron chi connectivity index (χ0n) is 10.0. The highest BCUT2D eigenvalue weighted by Crippen LogP contribution is 2.12. The minimum absolute atomic E-state index is 0.409. The molecule has 18 heavy (non-hydrogen) atoms. The second kappa shape index (κ2) is 5.59. The van der Waals surface area contributed by atoms with E-state index < -0.39 is 5.91 Å². The van der Waals surface area contributed by atoms with Crippen molar-refractivity contribution in [3.8, 4) is 0 Å². The lowest BCUT2D eigenvalue weighted by atomic mass is 10.2. The maximum Gasteiger partial charge on any atom is 0.252 e. The molecule has 5 nitrogen and oxygen atoms in total. The summed E-state index contributed by atoms with van der Waals surface area (Å²) in [6, 6.07) is 3.35. The summed E-state index contributed by atoms with van der Waals surface area (Å²) in [6.07, 6.45) is 2.42. The highest BCUT2D eigenvalue weighted by atomic mass is 32.1. The van der Waals surface area contributed by atoms with Crippen molar-refractivity contribution in [1.82, 2.24) is 9.97 Å². The van der Waals surface area contributed by atoms with Gasteiger partial charge >= 0.3 is 0 Å². The second-order valence-corrected chi connectivity index (χ2v) is 4.86. The average molecular weight is 262 g/mol. The molecule has 0 aliphatic rings. The van der Waals surface area contributed by atoms with Gasteiger partial charge < -0.3 is 11.1 Å². The van der Waals surface area contributed by atoms with Gasteiger partial charge in [0.05, 0.1) is 16.3 Å². The van der Waals surface area contributed by atoms with Crippen molar-refractivity contribution in [3.63, 3.8) is 0 Å². The topological polar surface area (TPSA) is 80.9 Å². The summed E-state index contributed by atoms with van der Waals surface area (Å²) in [7, 11) is 0. The van der Waals surface area contributed by atoms with E-state index in [0.717, 1.165) is 17.1 Å². The minimum atomic E-state index is -0.477. The van der Waals surface area contributed by atoms with Crippen molar-refractivity contribution in [3.05, 3.63) is 40.0 Å². The summed E-state index contributed by atoms with van der Waals surface area (Å²) in [5.41, 5.74) is 6.72. The van der Waals surface area contributed by atoms with Crippen LogP contribution in [0.2, 0.25) is 0 Å². The number of nitrogens with zero attached hydrogens (tertiary/aromatic N) is 2. The number of carbonyl (C=O) groups is 1. The normalized spacial score (nSPS) is 10.3. The Morgan fingerprint density at radius 2 is 2.39 bits per heavy atom. The van der Waals surface area contributed by atoms with Gasteiger partial charge in [0.15, 0.2) is 0 Å². The molecule has 0 radical (unpaired) electrons. The minimum Gasteiger partial charge on any atom is -0.369 e. The summed E-state index contributed by atoms with van der Waals surface area (Å²) in [6.45, 7) is 2.64. The van der Waals surface area contributed by atoms with Crippen LogP contribution in [0.15, 0.2) is 23.7 Å². The maximum atomic E-state index is 11.2. The number of aromatic nitrogens is 2. The van der Waals surface area contributed by atoms with Crippen molar-refractivity contribution in [2.75, 3.05) is 11.9 Å². The molecule has 0 bridgehead atoms. The van der Waals surface area contributed by atoms with Gasteiger partial charge in [-0.1, -0.05) is 0 Å². The van der Waals surface area contributed by atoms with E-state index in [1.54, 1.807) is 29.7 Å². The lowest BCUT2D eigenvalue weighted by molar-refractivity contribution is 0.100. The Kier molecular flexibility index (Phi) is 3.88. The van der Waals surface area contributed by atoms with Crippen LogP contribution in [0, 0.1) is 6.92 Å². The number of amides is 1. The molecule has 2 rings (SSSR count). The number of nitrogens with one attached hydrogen (secondary N) is 1. The summed E-state index contributed by atoms with van der Waals surface area (Å²) in [4.78, 5) is 19.7. The van der Waals surface area contributed by atoms with Crippen LogP contribution in [0.1, 0.15) is 21.1 Å². The molecule has 0 aliphatic heterocycles. The molecule has 0 aromatic carbocycles. The van der Waals surface area contributed by atoms with Crippen LogP contribution in [0.3, 0.4) is 0 Å². The Hall–Kier alpha value is -1.95. The number of rotatable bonds is 5. The fourth-order valence-corrected chi connectivity index (χ4v) is 2.22. The van der Waals surface area contributed by atoms with E-state index in [9.17, 15) is 4.79 Å². The van der Waals surface area contributed by atoms with Crippen molar-refractivity contribution in [2.45, 2.75) is 13.3 Å². The van der Waals surface area contributed by atoms with E-state index in [0.29, 0.717) is 17.9 Å². The average Bonchev–Trinajstić information content (AvgIpc) is 2.75. The van der Waals surface area contributed by atoms with Crippen LogP contribution >= 0.6 is 11.3 Å². The molecule has 3 N–H and O–H groups in total. The molecule has 6 heteroatoms. The summed E-state index contributed by atoms with van der Waals surface area (Å²) >= 11 is 1.63. The third-order valence-corrected chi connectivity index (χ3v) is 3.24. The summed E-state index contributed by atoms with van der Waals surface area (Å²) in [5.74, 6) is 0.0482. The highest BCUT2D eigenvalue weighted by Gasteiger charge is 2.08. The lowest BCUT2D eigenvalue weighted by Gasteiger charge is -2.07. The maximum absolute atomic E-state index is 11.2. The third-order valence-electron chi connectivity index (χ3n) is 2.41. The van der Waals surface area contributed by atoms with Crippen molar-refractivity contribution >= 4 is 23.1 Å². The molecular formula is C12H14N4OS. The van der Waals surface area contributed by atoms with Crippen LogP contribution in [0.5, 0.6) is 0 Å². The lowest BCUT2D eigenvalue weighted by Crippen LogP contribution is -2.16. The first kappa shape index (κ1) is 12.5. The molecule has 0 atom stereocenters. The van der Waals surface area contributed by atoms with Crippen molar-refractivity contribution in [1.29, 1.82) is 0 Å². The summed E-state index contributed by atoms with van der Waals surface area (Å²) < 4.78 is 0. The first-order valence-corrected chi connectivity index (χ1v) is 6.44. The Bertz CT molecular complexity index is 553. The second-order valence-electron chi connectivity index (χ2n) is 3.80. The fraction of sp³-hybridized carbons (Fsp3) is 0.250. The van der Waals surface area contributed by atoms with Crippen LogP contribution in [0.25, 0.3) is 0 Å². The van der Waals surface area contributed by atoms with Gasteiger partial charge in [-0.25, -0.2) is 9.97 Å². The molecule has 0 fully saturated rings. The largest absolute Gasteiger partial charge is 0.369 e. The van der Waals surface area contributed by atoms with Gasteiger partial charge in [-0.15, -0.1) is 11.3 Å². The number of primary amides is 1. The van der Waals surface area contributed by atoms with Gasteiger partial charge in [-0.3, -0.25) is 4.79 Å². The van der Waals surface area contributed by atoms with E-state index in [-0.39, 0.29) is 0 Å². The number of hydrogen-bond acceptors (Lipinski definition) is 5. The number of aryl methyl sites for hydroxylation is 1. The van der Waals surface area contributed by atoms with Crippen LogP contribution in [-0.4, -0.2) is 22.4 Å². The van der Waals surface area contributed by atoms with Gasteiger partial charge in [0.2, 0.25) is 0 Å². The molecule has 2 aromatic rings.